The Labute approximate surface area is 173 Å². The van der Waals surface area contributed by atoms with E-state index in [1.165, 1.54) is 0 Å². The molecular formula is C22H23BrN4O. The quantitative estimate of drug-likeness (QED) is 0.660. The van der Waals surface area contributed by atoms with Gasteiger partial charge in [-0.2, -0.15) is 0 Å². The molecule has 0 aliphatic carbocycles. The van der Waals surface area contributed by atoms with E-state index in [4.69, 9.17) is 0 Å². The number of fused-ring (bicyclic) bond motifs is 1. The van der Waals surface area contributed by atoms with E-state index < -0.39 is 0 Å². The van der Waals surface area contributed by atoms with Crippen LogP contribution < -0.4 is 5.56 Å². The van der Waals surface area contributed by atoms with Gasteiger partial charge in [0.1, 0.15) is 5.82 Å². The third-order valence-electron chi connectivity index (χ3n) is 5.09. The van der Waals surface area contributed by atoms with Crippen LogP contribution in [-0.2, 0) is 19.5 Å². The fourth-order valence-corrected chi connectivity index (χ4v) is 4.00. The Bertz CT molecular complexity index is 1040. The lowest BCUT2D eigenvalue weighted by molar-refractivity contribution is 0.241. The van der Waals surface area contributed by atoms with Crippen molar-refractivity contribution in [3.8, 4) is 11.3 Å². The standard InChI is InChI=1S/C22H23BrN4O/c1-14(2)21-25-20-9-10-27(13-17(20)22(28)26-21)12-15-7-8-19(24-11-15)16-5-3-4-6-18(16)23/h3-8,11,14H,9-10,12-13H2,1-2H3,(H,25,26,28). The molecule has 0 fully saturated rings. The van der Waals surface area contributed by atoms with Crippen molar-refractivity contribution in [3.05, 3.63) is 80.1 Å². The van der Waals surface area contributed by atoms with Crippen molar-refractivity contribution < 1.29 is 0 Å². The summed E-state index contributed by atoms with van der Waals surface area (Å²) in [6.07, 6.45) is 2.73. The minimum atomic E-state index is 0.000741. The molecule has 1 aliphatic heterocycles. The van der Waals surface area contributed by atoms with Gasteiger partial charge in [-0.3, -0.25) is 14.7 Å². The summed E-state index contributed by atoms with van der Waals surface area (Å²) >= 11 is 3.58. The van der Waals surface area contributed by atoms with Crippen LogP contribution in [0.5, 0.6) is 0 Å². The topological polar surface area (TPSA) is 61.9 Å². The molecule has 0 bridgehead atoms. The van der Waals surface area contributed by atoms with E-state index in [0.29, 0.717) is 6.54 Å². The van der Waals surface area contributed by atoms with Crippen LogP contribution in [-0.4, -0.2) is 26.4 Å². The van der Waals surface area contributed by atoms with Crippen LogP contribution in [0.2, 0.25) is 0 Å². The molecule has 0 amide bonds. The first kappa shape index (κ1) is 19.0. The summed E-state index contributed by atoms with van der Waals surface area (Å²) in [6, 6.07) is 12.2. The number of pyridine rings is 1. The monoisotopic (exact) mass is 438 g/mol. The van der Waals surface area contributed by atoms with E-state index in [1.54, 1.807) is 0 Å². The van der Waals surface area contributed by atoms with Crippen LogP contribution in [0, 0.1) is 0 Å². The summed E-state index contributed by atoms with van der Waals surface area (Å²) in [4.78, 5) is 27.0. The molecule has 0 atom stereocenters. The Morgan fingerprint density at radius 2 is 2.04 bits per heavy atom. The molecule has 5 nitrogen and oxygen atoms in total. The third-order valence-corrected chi connectivity index (χ3v) is 5.79. The Morgan fingerprint density at radius 1 is 1.21 bits per heavy atom. The molecule has 144 valence electrons. The second-order valence-corrected chi connectivity index (χ2v) is 8.38. The SMILES string of the molecule is CC(C)c1nc2c(c(=O)[nH]1)CN(Cc1ccc(-c3ccccc3Br)nc1)CC2. The number of hydrogen-bond acceptors (Lipinski definition) is 4. The van der Waals surface area contributed by atoms with Crippen molar-refractivity contribution in [2.24, 2.45) is 0 Å². The van der Waals surface area contributed by atoms with Crippen LogP contribution >= 0.6 is 15.9 Å². The van der Waals surface area contributed by atoms with Gasteiger partial charge < -0.3 is 4.98 Å². The Morgan fingerprint density at radius 3 is 2.75 bits per heavy atom. The highest BCUT2D eigenvalue weighted by molar-refractivity contribution is 9.10. The molecule has 28 heavy (non-hydrogen) atoms. The maximum atomic E-state index is 12.5. The van der Waals surface area contributed by atoms with Crippen LogP contribution in [0.3, 0.4) is 0 Å². The number of aromatic nitrogens is 3. The van der Waals surface area contributed by atoms with Gasteiger partial charge in [0, 0.05) is 48.2 Å². The maximum Gasteiger partial charge on any atom is 0.255 e. The number of nitrogens with one attached hydrogen (secondary N) is 1. The average molecular weight is 439 g/mol. The molecule has 0 unspecified atom stereocenters. The number of hydrogen-bond donors (Lipinski definition) is 1. The molecule has 3 heterocycles. The Balaban J connectivity index is 1.49. The van der Waals surface area contributed by atoms with Crippen molar-refractivity contribution in [1.82, 2.24) is 19.9 Å². The van der Waals surface area contributed by atoms with E-state index in [1.807, 2.05) is 38.2 Å². The number of H-pyrrole nitrogens is 1. The zero-order valence-electron chi connectivity index (χ0n) is 16.1. The zero-order chi connectivity index (χ0) is 19.7. The van der Waals surface area contributed by atoms with Gasteiger partial charge in [-0.05, 0) is 17.7 Å². The van der Waals surface area contributed by atoms with Gasteiger partial charge in [-0.1, -0.05) is 54.0 Å². The summed E-state index contributed by atoms with van der Waals surface area (Å²) in [5.74, 6) is 1.01. The van der Waals surface area contributed by atoms with E-state index in [2.05, 4.69) is 54.0 Å². The fraction of sp³-hybridized carbons (Fsp3) is 0.318. The van der Waals surface area contributed by atoms with Crippen molar-refractivity contribution in [3.63, 3.8) is 0 Å². The molecule has 0 saturated heterocycles. The lowest BCUT2D eigenvalue weighted by atomic mass is 10.0. The second-order valence-electron chi connectivity index (χ2n) is 7.52. The molecule has 0 saturated carbocycles. The predicted octanol–water partition coefficient (Wildman–Crippen LogP) is 4.28. The zero-order valence-corrected chi connectivity index (χ0v) is 17.7. The lowest BCUT2D eigenvalue weighted by Gasteiger charge is -2.28. The minimum Gasteiger partial charge on any atom is -0.310 e. The van der Waals surface area contributed by atoms with E-state index in [-0.39, 0.29) is 11.5 Å². The third kappa shape index (κ3) is 3.93. The van der Waals surface area contributed by atoms with Gasteiger partial charge in [0.2, 0.25) is 0 Å². The normalized spacial score (nSPS) is 14.3. The van der Waals surface area contributed by atoms with Crippen molar-refractivity contribution in [2.45, 2.75) is 39.3 Å². The minimum absolute atomic E-state index is 0.000741. The van der Waals surface area contributed by atoms with Crippen molar-refractivity contribution in [1.29, 1.82) is 0 Å². The smallest absolute Gasteiger partial charge is 0.255 e. The van der Waals surface area contributed by atoms with Gasteiger partial charge in [0.05, 0.1) is 17.0 Å². The predicted molar refractivity (Wildman–Crippen MR) is 114 cm³/mol. The van der Waals surface area contributed by atoms with Crippen LogP contribution in [0.1, 0.15) is 42.4 Å². The molecule has 6 heteroatoms. The number of benzene rings is 1. The highest BCUT2D eigenvalue weighted by Crippen LogP contribution is 2.26. The van der Waals surface area contributed by atoms with Crippen LogP contribution in [0.15, 0.2) is 51.9 Å². The van der Waals surface area contributed by atoms with Crippen molar-refractivity contribution >= 4 is 15.9 Å². The summed E-state index contributed by atoms with van der Waals surface area (Å²) in [5.41, 5.74) is 4.92. The molecule has 1 aliphatic rings. The molecule has 3 aromatic rings. The first-order valence-electron chi connectivity index (χ1n) is 9.55. The summed E-state index contributed by atoms with van der Waals surface area (Å²) in [5, 5.41) is 0. The molecule has 0 spiro atoms. The Hall–Kier alpha value is -2.31. The van der Waals surface area contributed by atoms with Crippen LogP contribution in [0.4, 0.5) is 0 Å². The van der Waals surface area contributed by atoms with Crippen LogP contribution in [0.25, 0.3) is 11.3 Å². The number of aromatic amines is 1. The first-order valence-corrected chi connectivity index (χ1v) is 10.3. The fourth-order valence-electron chi connectivity index (χ4n) is 3.51. The highest BCUT2D eigenvalue weighted by atomic mass is 79.9. The Kier molecular flexibility index (Phi) is 5.42. The maximum absolute atomic E-state index is 12.5. The largest absolute Gasteiger partial charge is 0.310 e. The van der Waals surface area contributed by atoms with E-state index >= 15 is 0 Å². The summed E-state index contributed by atoms with van der Waals surface area (Å²) < 4.78 is 1.04. The van der Waals surface area contributed by atoms with Gasteiger partial charge >= 0.3 is 0 Å². The average Bonchev–Trinajstić information content (AvgIpc) is 2.69. The number of rotatable bonds is 4. The van der Waals surface area contributed by atoms with Gasteiger partial charge in [-0.15, -0.1) is 0 Å². The first-order chi connectivity index (χ1) is 13.5. The molecule has 1 N–H and O–H groups in total. The molecule has 0 radical (unpaired) electrons. The molecule has 1 aromatic carbocycles. The van der Waals surface area contributed by atoms with Gasteiger partial charge in [0.15, 0.2) is 0 Å². The number of halogens is 1. The molecular weight excluding hydrogens is 416 g/mol. The molecule has 4 rings (SSSR count). The summed E-state index contributed by atoms with van der Waals surface area (Å²) in [6.45, 7) is 6.39. The second kappa shape index (κ2) is 7.97. The lowest BCUT2D eigenvalue weighted by Crippen LogP contribution is -2.36. The van der Waals surface area contributed by atoms with E-state index in [0.717, 1.165) is 57.9 Å². The van der Waals surface area contributed by atoms with Crippen molar-refractivity contribution in [2.75, 3.05) is 6.54 Å². The highest BCUT2D eigenvalue weighted by Gasteiger charge is 2.22. The van der Waals surface area contributed by atoms with Gasteiger partial charge in [0.25, 0.3) is 5.56 Å². The number of nitrogens with zero attached hydrogens (tertiary/aromatic N) is 3. The molecule has 2 aromatic heterocycles. The van der Waals surface area contributed by atoms with Gasteiger partial charge in [-0.25, -0.2) is 4.98 Å². The van der Waals surface area contributed by atoms with E-state index in [9.17, 15) is 4.79 Å². The summed E-state index contributed by atoms with van der Waals surface area (Å²) in [7, 11) is 0.